The first-order chi connectivity index (χ1) is 13.2. The molecule has 0 N–H and O–H groups in total. The van der Waals surface area contributed by atoms with Crippen LogP contribution in [-0.2, 0) is 10.1 Å². The van der Waals surface area contributed by atoms with Crippen molar-refractivity contribution >= 4 is 27.2 Å². The summed E-state index contributed by atoms with van der Waals surface area (Å²) < 4.78 is 35.4. The topological polar surface area (TPSA) is 72.8 Å². The summed E-state index contributed by atoms with van der Waals surface area (Å²) in [6.45, 7) is 4.18. The molecule has 28 heavy (non-hydrogen) atoms. The van der Waals surface area contributed by atoms with Crippen LogP contribution >= 0.6 is 0 Å². The fourth-order valence-corrected chi connectivity index (χ4v) is 6.39. The number of benzene rings is 2. The zero-order valence-electron chi connectivity index (χ0n) is 16.2. The van der Waals surface area contributed by atoms with E-state index in [1.54, 1.807) is 0 Å². The summed E-state index contributed by atoms with van der Waals surface area (Å²) in [4.78, 5) is 0. The van der Waals surface area contributed by atoms with Gasteiger partial charge in [0.15, 0.2) is 0 Å². The Hall–Kier alpha value is -2.18. The molecule has 2 atom stereocenters. The van der Waals surface area contributed by atoms with E-state index >= 15 is 0 Å². The normalized spacial score (nSPS) is 27.2. The molecule has 2 aromatic carbocycles. The predicted octanol–water partition coefficient (Wildman–Crippen LogP) is 4.55. The van der Waals surface area contributed by atoms with Crippen LogP contribution in [0.15, 0.2) is 65.8 Å². The first-order valence-electron chi connectivity index (χ1n) is 9.65. The van der Waals surface area contributed by atoms with Crippen molar-refractivity contribution in [3.63, 3.8) is 0 Å². The van der Waals surface area contributed by atoms with Crippen molar-refractivity contribution in [2.45, 2.75) is 33.1 Å². The number of hydrazone groups is 1. The average molecular weight is 398 g/mol. The number of fused-ring (bicyclic) bond motifs is 2. The SMILES string of the molecule is CC1(C)[C@H]2CC[C@]1(CS(=O)(=O)[O-])/C(=N\N(c1ccccc1)c1ccccc1)C2. The Morgan fingerprint density at radius 1 is 1.04 bits per heavy atom. The van der Waals surface area contributed by atoms with Crippen LogP contribution in [0.2, 0.25) is 0 Å². The Balaban J connectivity index is 1.84. The molecule has 6 heteroatoms. The number of nitrogens with zero attached hydrogens (tertiary/aromatic N) is 2. The van der Waals surface area contributed by atoms with E-state index in [0.717, 1.165) is 29.9 Å². The van der Waals surface area contributed by atoms with Gasteiger partial charge in [0.2, 0.25) is 0 Å². The fraction of sp³-hybridized carbons (Fsp3) is 0.409. The highest BCUT2D eigenvalue weighted by molar-refractivity contribution is 7.85. The molecule has 2 bridgehead atoms. The number of hydrogen-bond acceptors (Lipinski definition) is 5. The van der Waals surface area contributed by atoms with Gasteiger partial charge in [-0.15, -0.1) is 0 Å². The summed E-state index contributed by atoms with van der Waals surface area (Å²) in [5, 5.41) is 6.86. The Morgan fingerprint density at radius 3 is 2.04 bits per heavy atom. The molecule has 2 fully saturated rings. The lowest BCUT2D eigenvalue weighted by molar-refractivity contribution is 0.193. The largest absolute Gasteiger partial charge is 0.748 e. The van der Waals surface area contributed by atoms with Crippen LogP contribution in [0.1, 0.15) is 33.1 Å². The molecule has 148 valence electrons. The van der Waals surface area contributed by atoms with Gasteiger partial charge in [0.25, 0.3) is 0 Å². The number of para-hydroxylation sites is 2. The van der Waals surface area contributed by atoms with Gasteiger partial charge in [-0.1, -0.05) is 50.2 Å². The van der Waals surface area contributed by atoms with Gasteiger partial charge in [-0.05, 0) is 54.9 Å². The summed E-state index contributed by atoms with van der Waals surface area (Å²) in [5.41, 5.74) is 1.69. The second-order valence-electron chi connectivity index (χ2n) is 8.48. The van der Waals surface area contributed by atoms with Gasteiger partial charge in [0.05, 0.1) is 21.5 Å². The first kappa shape index (κ1) is 19.2. The zero-order chi connectivity index (χ0) is 20.0. The molecule has 0 unspecified atom stereocenters. The summed E-state index contributed by atoms with van der Waals surface area (Å²) >= 11 is 0. The third-order valence-electron chi connectivity index (χ3n) is 6.81. The Bertz CT molecular complexity index is 947. The molecule has 0 saturated heterocycles. The lowest BCUT2D eigenvalue weighted by Crippen LogP contribution is -2.42. The van der Waals surface area contributed by atoms with Crippen LogP contribution in [0.4, 0.5) is 11.4 Å². The van der Waals surface area contributed by atoms with Crippen molar-refractivity contribution < 1.29 is 13.0 Å². The molecule has 0 spiro atoms. The minimum Gasteiger partial charge on any atom is -0.748 e. The lowest BCUT2D eigenvalue weighted by atomic mass is 9.70. The quantitative estimate of drug-likeness (QED) is 0.548. The molecule has 5 nitrogen and oxygen atoms in total. The molecule has 2 aromatic rings. The standard InChI is InChI=1S/C22H26N2O3S/c1-21(2)17-13-14-22(21,16-28(25,26)27)20(15-17)23-24(18-9-5-3-6-10-18)19-11-7-4-8-12-19/h3-12,17H,13-16H2,1-2H3,(H,25,26,27)/p-1/b23-20-/t17-,22-/m0/s1. The van der Waals surface area contributed by atoms with E-state index in [1.807, 2.05) is 65.7 Å². The highest BCUT2D eigenvalue weighted by Crippen LogP contribution is 2.64. The third-order valence-corrected chi connectivity index (χ3v) is 7.66. The maximum Gasteiger partial charge on any atom is 0.0955 e. The van der Waals surface area contributed by atoms with E-state index in [4.69, 9.17) is 5.10 Å². The maximum absolute atomic E-state index is 11.8. The van der Waals surface area contributed by atoms with E-state index in [2.05, 4.69) is 13.8 Å². The van der Waals surface area contributed by atoms with Crippen molar-refractivity contribution in [2.24, 2.45) is 21.8 Å². The number of hydrogen-bond donors (Lipinski definition) is 0. The summed E-state index contributed by atoms with van der Waals surface area (Å²) in [7, 11) is -4.37. The highest BCUT2D eigenvalue weighted by Gasteiger charge is 2.63. The third kappa shape index (κ3) is 3.14. The molecule has 0 heterocycles. The maximum atomic E-state index is 11.8. The average Bonchev–Trinajstić information content (AvgIpc) is 3.01. The Morgan fingerprint density at radius 2 is 1.57 bits per heavy atom. The van der Waals surface area contributed by atoms with Crippen LogP contribution in [-0.4, -0.2) is 24.4 Å². The molecule has 0 amide bonds. The molecule has 2 aliphatic carbocycles. The van der Waals surface area contributed by atoms with Gasteiger partial charge in [-0.3, -0.25) is 0 Å². The van der Waals surface area contributed by atoms with Gasteiger partial charge < -0.3 is 4.55 Å². The summed E-state index contributed by atoms with van der Waals surface area (Å²) in [6.07, 6.45) is 2.37. The van der Waals surface area contributed by atoms with Gasteiger partial charge >= 0.3 is 0 Å². The molecule has 0 aliphatic heterocycles. The van der Waals surface area contributed by atoms with Crippen LogP contribution in [0, 0.1) is 16.7 Å². The van der Waals surface area contributed by atoms with E-state index < -0.39 is 15.5 Å². The van der Waals surface area contributed by atoms with Gasteiger partial charge in [0, 0.05) is 16.9 Å². The van der Waals surface area contributed by atoms with Crippen molar-refractivity contribution in [2.75, 3.05) is 10.8 Å². The van der Waals surface area contributed by atoms with Gasteiger partial charge in [-0.25, -0.2) is 13.4 Å². The molecular weight excluding hydrogens is 372 g/mol. The smallest absolute Gasteiger partial charge is 0.0955 e. The summed E-state index contributed by atoms with van der Waals surface area (Å²) in [5.74, 6) is -0.0267. The van der Waals surface area contributed by atoms with E-state index in [-0.39, 0.29) is 11.2 Å². The van der Waals surface area contributed by atoms with Gasteiger partial charge in [-0.2, -0.15) is 5.10 Å². The highest BCUT2D eigenvalue weighted by atomic mass is 32.2. The lowest BCUT2D eigenvalue weighted by Gasteiger charge is -2.39. The molecule has 0 aromatic heterocycles. The first-order valence-corrected chi connectivity index (χ1v) is 11.2. The van der Waals surface area contributed by atoms with Crippen molar-refractivity contribution in [3.8, 4) is 0 Å². The number of rotatable bonds is 5. The Kier molecular flexibility index (Phi) is 4.59. The molecule has 4 rings (SSSR count). The predicted molar refractivity (Wildman–Crippen MR) is 111 cm³/mol. The molecule has 2 aliphatic rings. The van der Waals surface area contributed by atoms with E-state index in [1.165, 1.54) is 0 Å². The summed E-state index contributed by atoms with van der Waals surface area (Å²) in [6, 6.07) is 19.6. The molecule has 2 saturated carbocycles. The number of anilines is 2. The molecular formula is C22H25N2O3S-. The van der Waals surface area contributed by atoms with E-state index in [0.29, 0.717) is 12.3 Å². The minimum atomic E-state index is -4.37. The fourth-order valence-electron chi connectivity index (χ4n) is 5.10. The minimum absolute atomic E-state index is 0.262. The van der Waals surface area contributed by atoms with Crippen LogP contribution in [0.3, 0.4) is 0 Å². The second-order valence-corrected chi connectivity index (χ2v) is 9.88. The van der Waals surface area contributed by atoms with Gasteiger partial charge in [0.1, 0.15) is 0 Å². The second kappa shape index (κ2) is 6.71. The van der Waals surface area contributed by atoms with Crippen LogP contribution in [0.5, 0.6) is 0 Å². The molecule has 0 radical (unpaired) electrons. The van der Waals surface area contributed by atoms with Crippen molar-refractivity contribution in [1.82, 2.24) is 0 Å². The van der Waals surface area contributed by atoms with Crippen molar-refractivity contribution in [1.29, 1.82) is 0 Å². The Labute approximate surface area is 166 Å². The van der Waals surface area contributed by atoms with Crippen molar-refractivity contribution in [3.05, 3.63) is 60.7 Å². The monoisotopic (exact) mass is 397 g/mol. The van der Waals surface area contributed by atoms with Crippen LogP contribution < -0.4 is 5.01 Å². The van der Waals surface area contributed by atoms with Crippen LogP contribution in [0.25, 0.3) is 0 Å². The van der Waals surface area contributed by atoms with E-state index in [9.17, 15) is 13.0 Å². The zero-order valence-corrected chi connectivity index (χ0v) is 17.0.